The van der Waals surface area contributed by atoms with Gasteiger partial charge in [-0.15, -0.1) is 21.5 Å². The maximum atomic E-state index is 12.7. The van der Waals surface area contributed by atoms with E-state index in [1.165, 1.54) is 11.3 Å². The minimum atomic E-state index is -0.164. The minimum absolute atomic E-state index is 0.164. The number of fused-ring (bicyclic) bond motifs is 1. The fraction of sp³-hybridized carbons (Fsp3) is 0.0909. The summed E-state index contributed by atoms with van der Waals surface area (Å²) in [7, 11) is 0. The second-order valence-corrected chi connectivity index (χ2v) is 8.13. The summed E-state index contributed by atoms with van der Waals surface area (Å²) in [6, 6.07) is 15.1. The number of carbonyl (C=O) groups excluding carboxylic acids is 1. The van der Waals surface area contributed by atoms with E-state index in [0.29, 0.717) is 22.0 Å². The molecule has 1 amide bonds. The predicted octanol–water partition coefficient (Wildman–Crippen LogP) is 4.18. The van der Waals surface area contributed by atoms with Gasteiger partial charge in [0.05, 0.1) is 16.4 Å². The summed E-state index contributed by atoms with van der Waals surface area (Å²) in [6.45, 7) is 3.73. The number of benzene rings is 1. The summed E-state index contributed by atoms with van der Waals surface area (Å²) in [5.41, 5.74) is 4.56. The average molecular weight is 427 g/mol. The molecule has 4 aromatic heterocycles. The van der Waals surface area contributed by atoms with E-state index in [0.717, 1.165) is 27.5 Å². The summed E-state index contributed by atoms with van der Waals surface area (Å²) in [4.78, 5) is 21.6. The van der Waals surface area contributed by atoms with Crippen LogP contribution in [0, 0.1) is 13.8 Å². The van der Waals surface area contributed by atoms with Crippen molar-refractivity contribution in [1.29, 1.82) is 0 Å². The molecule has 31 heavy (non-hydrogen) atoms. The molecule has 0 aliphatic carbocycles. The van der Waals surface area contributed by atoms with Crippen LogP contribution in [0.1, 0.15) is 20.4 Å². The lowest BCUT2D eigenvalue weighted by molar-refractivity contribution is 0.103. The van der Waals surface area contributed by atoms with Crippen LogP contribution in [0.2, 0.25) is 0 Å². The SMILES string of the molecule is Cc1nc(C)c(C(=O)Nc2cccc(-c3ccc4nnc(-c5ccncc5)n4n3)c2)s1. The lowest BCUT2D eigenvalue weighted by Crippen LogP contribution is -2.11. The maximum absolute atomic E-state index is 12.7. The topological polar surface area (TPSA) is 98.0 Å². The Morgan fingerprint density at radius 3 is 2.61 bits per heavy atom. The van der Waals surface area contributed by atoms with Crippen molar-refractivity contribution in [2.75, 3.05) is 5.32 Å². The van der Waals surface area contributed by atoms with Crippen LogP contribution in [0.25, 0.3) is 28.3 Å². The predicted molar refractivity (Wildman–Crippen MR) is 119 cm³/mol. The van der Waals surface area contributed by atoms with Gasteiger partial charge < -0.3 is 5.32 Å². The highest BCUT2D eigenvalue weighted by Gasteiger charge is 2.15. The molecule has 0 fully saturated rings. The van der Waals surface area contributed by atoms with Crippen molar-refractivity contribution in [2.24, 2.45) is 0 Å². The number of anilines is 1. The Bertz CT molecular complexity index is 1410. The molecule has 9 heteroatoms. The number of nitrogens with zero attached hydrogens (tertiary/aromatic N) is 6. The Morgan fingerprint density at radius 2 is 1.84 bits per heavy atom. The average Bonchev–Trinajstić information content (AvgIpc) is 3.36. The van der Waals surface area contributed by atoms with Crippen LogP contribution < -0.4 is 5.32 Å². The molecule has 8 nitrogen and oxygen atoms in total. The third-order valence-electron chi connectivity index (χ3n) is 4.73. The molecule has 0 aliphatic rings. The monoisotopic (exact) mass is 427 g/mol. The summed E-state index contributed by atoms with van der Waals surface area (Å²) in [6.07, 6.45) is 3.41. The molecule has 4 heterocycles. The zero-order chi connectivity index (χ0) is 21.4. The van der Waals surface area contributed by atoms with Crippen LogP contribution in [-0.4, -0.2) is 35.7 Å². The van der Waals surface area contributed by atoms with Crippen molar-refractivity contribution >= 4 is 28.6 Å². The molecule has 0 saturated carbocycles. The van der Waals surface area contributed by atoms with Gasteiger partial charge in [0.15, 0.2) is 11.5 Å². The van der Waals surface area contributed by atoms with Gasteiger partial charge in [0.25, 0.3) is 5.91 Å². The van der Waals surface area contributed by atoms with Gasteiger partial charge in [-0.1, -0.05) is 12.1 Å². The third kappa shape index (κ3) is 3.66. The first-order chi connectivity index (χ1) is 15.1. The Labute approximate surface area is 181 Å². The van der Waals surface area contributed by atoms with Gasteiger partial charge in [-0.25, -0.2) is 4.98 Å². The number of hydrogen-bond acceptors (Lipinski definition) is 7. The van der Waals surface area contributed by atoms with Crippen molar-refractivity contribution in [3.8, 4) is 22.6 Å². The van der Waals surface area contributed by atoms with Gasteiger partial charge >= 0.3 is 0 Å². The van der Waals surface area contributed by atoms with E-state index < -0.39 is 0 Å². The molecule has 0 spiro atoms. The highest BCUT2D eigenvalue weighted by molar-refractivity contribution is 7.13. The molecule has 1 aromatic carbocycles. The largest absolute Gasteiger partial charge is 0.321 e. The first-order valence-corrected chi connectivity index (χ1v) is 10.4. The molecule has 0 saturated heterocycles. The smallest absolute Gasteiger partial charge is 0.267 e. The molecular formula is C22H17N7OS. The van der Waals surface area contributed by atoms with E-state index in [2.05, 4.69) is 25.5 Å². The number of nitrogens with one attached hydrogen (secondary N) is 1. The Balaban J connectivity index is 1.48. The number of aryl methyl sites for hydroxylation is 2. The van der Waals surface area contributed by atoms with Crippen LogP contribution in [0.5, 0.6) is 0 Å². The fourth-order valence-corrected chi connectivity index (χ4v) is 4.13. The van der Waals surface area contributed by atoms with E-state index in [4.69, 9.17) is 5.10 Å². The molecule has 152 valence electrons. The highest BCUT2D eigenvalue weighted by atomic mass is 32.1. The van der Waals surface area contributed by atoms with Crippen molar-refractivity contribution in [1.82, 2.24) is 29.8 Å². The molecule has 0 atom stereocenters. The van der Waals surface area contributed by atoms with Crippen LogP contribution in [0.4, 0.5) is 5.69 Å². The van der Waals surface area contributed by atoms with Gasteiger partial charge in [0.2, 0.25) is 0 Å². The second-order valence-electron chi connectivity index (χ2n) is 6.93. The number of pyridine rings is 1. The number of hydrogen-bond donors (Lipinski definition) is 1. The van der Waals surface area contributed by atoms with Crippen LogP contribution >= 0.6 is 11.3 Å². The van der Waals surface area contributed by atoms with Crippen LogP contribution in [0.15, 0.2) is 60.9 Å². The summed E-state index contributed by atoms with van der Waals surface area (Å²) in [5, 5.41) is 17.0. The highest BCUT2D eigenvalue weighted by Crippen LogP contribution is 2.24. The number of thiazole rings is 1. The number of amides is 1. The normalized spacial score (nSPS) is 11.0. The lowest BCUT2D eigenvalue weighted by atomic mass is 10.1. The van der Waals surface area contributed by atoms with Gasteiger partial charge in [0.1, 0.15) is 4.88 Å². The van der Waals surface area contributed by atoms with Crippen molar-refractivity contribution in [3.05, 3.63) is 76.5 Å². The van der Waals surface area contributed by atoms with Gasteiger partial charge in [-0.05, 0) is 50.2 Å². The lowest BCUT2D eigenvalue weighted by Gasteiger charge is -2.07. The van der Waals surface area contributed by atoms with Crippen molar-refractivity contribution < 1.29 is 4.79 Å². The fourth-order valence-electron chi connectivity index (χ4n) is 3.31. The standard InChI is InChI=1S/C22H17N7OS/c1-13-20(31-14(2)24-13)22(30)25-17-5-3-4-16(12-17)18-6-7-19-26-27-21(29(19)28-18)15-8-10-23-11-9-15/h3-12H,1-2H3,(H,25,30). The minimum Gasteiger partial charge on any atom is -0.321 e. The number of rotatable bonds is 4. The van der Waals surface area contributed by atoms with Gasteiger partial charge in [-0.3, -0.25) is 9.78 Å². The molecule has 5 rings (SSSR count). The summed E-state index contributed by atoms with van der Waals surface area (Å²) < 4.78 is 1.71. The first kappa shape index (κ1) is 19.0. The molecule has 5 aromatic rings. The van der Waals surface area contributed by atoms with E-state index in [9.17, 15) is 4.79 Å². The zero-order valence-electron chi connectivity index (χ0n) is 16.8. The van der Waals surface area contributed by atoms with Crippen LogP contribution in [-0.2, 0) is 0 Å². The molecule has 1 N–H and O–H groups in total. The van der Waals surface area contributed by atoms with E-state index >= 15 is 0 Å². The van der Waals surface area contributed by atoms with Crippen LogP contribution in [0.3, 0.4) is 0 Å². The Kier molecular flexibility index (Phi) is 4.72. The summed E-state index contributed by atoms with van der Waals surface area (Å²) >= 11 is 1.39. The quantitative estimate of drug-likeness (QED) is 0.462. The van der Waals surface area contributed by atoms with E-state index in [1.54, 1.807) is 16.9 Å². The third-order valence-corrected chi connectivity index (χ3v) is 5.80. The summed E-state index contributed by atoms with van der Waals surface area (Å²) in [5.74, 6) is 0.474. The molecule has 0 unspecified atom stereocenters. The maximum Gasteiger partial charge on any atom is 0.267 e. The number of carbonyl (C=O) groups is 1. The van der Waals surface area contributed by atoms with Crippen molar-refractivity contribution in [2.45, 2.75) is 13.8 Å². The Morgan fingerprint density at radius 1 is 1.00 bits per heavy atom. The van der Waals surface area contributed by atoms with Crippen molar-refractivity contribution in [3.63, 3.8) is 0 Å². The zero-order valence-corrected chi connectivity index (χ0v) is 17.6. The number of aromatic nitrogens is 6. The van der Waals surface area contributed by atoms with Gasteiger partial charge in [0, 0.05) is 29.2 Å². The Hall–Kier alpha value is -3.98. The molecular weight excluding hydrogens is 410 g/mol. The second kappa shape index (κ2) is 7.69. The van der Waals surface area contributed by atoms with E-state index in [-0.39, 0.29) is 5.91 Å². The van der Waals surface area contributed by atoms with E-state index in [1.807, 2.05) is 62.4 Å². The van der Waals surface area contributed by atoms with Gasteiger partial charge in [-0.2, -0.15) is 9.61 Å². The molecule has 0 radical (unpaired) electrons. The first-order valence-electron chi connectivity index (χ1n) is 9.57. The molecule has 0 bridgehead atoms. The molecule has 0 aliphatic heterocycles.